The van der Waals surface area contributed by atoms with E-state index in [2.05, 4.69) is 34.5 Å². The van der Waals surface area contributed by atoms with Crippen molar-refractivity contribution in [1.82, 2.24) is 10.2 Å². The van der Waals surface area contributed by atoms with E-state index >= 15 is 0 Å². The van der Waals surface area contributed by atoms with Crippen LogP contribution in [0.2, 0.25) is 0 Å². The number of carbonyl (C=O) groups is 1. The maximum atomic E-state index is 12.1. The molecular formula is C21H28N4O2. The third kappa shape index (κ3) is 4.66. The second-order valence-electron chi connectivity index (χ2n) is 6.67. The Morgan fingerprint density at radius 3 is 2.04 bits per heavy atom. The van der Waals surface area contributed by atoms with Gasteiger partial charge in [0.1, 0.15) is 6.61 Å². The topological polar surface area (TPSA) is 93.6 Å². The highest BCUT2D eigenvalue weighted by Gasteiger charge is 2.28. The van der Waals surface area contributed by atoms with Crippen LogP contribution in [0.3, 0.4) is 0 Å². The SMILES string of the molecule is NCCN(CCN)CCNC(=O)OCC1c2ccccc2-c2ccccc21. The van der Waals surface area contributed by atoms with Crippen molar-refractivity contribution >= 4 is 6.09 Å². The molecule has 27 heavy (non-hydrogen) atoms. The first-order chi connectivity index (χ1) is 13.2. The predicted molar refractivity (Wildman–Crippen MR) is 108 cm³/mol. The minimum atomic E-state index is -0.391. The van der Waals surface area contributed by atoms with Crippen molar-refractivity contribution in [3.63, 3.8) is 0 Å². The van der Waals surface area contributed by atoms with Gasteiger partial charge >= 0.3 is 6.09 Å². The zero-order valence-corrected chi connectivity index (χ0v) is 15.6. The summed E-state index contributed by atoms with van der Waals surface area (Å²) in [7, 11) is 0. The molecule has 1 aliphatic rings. The molecule has 0 aromatic heterocycles. The third-order valence-electron chi connectivity index (χ3n) is 4.93. The molecule has 2 aromatic rings. The molecule has 6 heteroatoms. The van der Waals surface area contributed by atoms with Gasteiger partial charge < -0.3 is 21.5 Å². The summed E-state index contributed by atoms with van der Waals surface area (Å²) in [5, 5.41) is 2.82. The summed E-state index contributed by atoms with van der Waals surface area (Å²) in [6.07, 6.45) is -0.391. The van der Waals surface area contributed by atoms with Gasteiger partial charge in [-0.15, -0.1) is 0 Å². The number of nitrogens with one attached hydrogen (secondary N) is 1. The van der Waals surface area contributed by atoms with E-state index in [1.165, 1.54) is 22.3 Å². The molecule has 0 heterocycles. The molecule has 2 aromatic carbocycles. The number of benzene rings is 2. The highest BCUT2D eigenvalue weighted by Crippen LogP contribution is 2.44. The van der Waals surface area contributed by atoms with Crippen LogP contribution in [-0.2, 0) is 4.74 Å². The third-order valence-corrected chi connectivity index (χ3v) is 4.93. The van der Waals surface area contributed by atoms with Crippen LogP contribution in [0, 0.1) is 0 Å². The normalized spacial score (nSPS) is 12.7. The second-order valence-corrected chi connectivity index (χ2v) is 6.67. The Kier molecular flexibility index (Phi) is 6.81. The number of nitrogens with zero attached hydrogens (tertiary/aromatic N) is 1. The molecule has 3 rings (SSSR count). The molecule has 0 radical (unpaired) electrons. The lowest BCUT2D eigenvalue weighted by atomic mass is 9.98. The zero-order valence-electron chi connectivity index (χ0n) is 15.6. The van der Waals surface area contributed by atoms with Crippen LogP contribution < -0.4 is 16.8 Å². The maximum absolute atomic E-state index is 12.1. The molecule has 0 aliphatic heterocycles. The Labute approximate surface area is 160 Å². The minimum absolute atomic E-state index is 0.0779. The molecule has 0 atom stereocenters. The number of carbonyl (C=O) groups excluding carboxylic acids is 1. The number of ether oxygens (including phenoxy) is 1. The molecule has 0 saturated carbocycles. The average Bonchev–Trinajstić information content (AvgIpc) is 3.01. The lowest BCUT2D eigenvalue weighted by Crippen LogP contribution is -2.40. The molecule has 1 amide bonds. The Morgan fingerprint density at radius 1 is 0.926 bits per heavy atom. The second kappa shape index (κ2) is 9.50. The van der Waals surface area contributed by atoms with Gasteiger partial charge in [0.15, 0.2) is 0 Å². The smallest absolute Gasteiger partial charge is 0.407 e. The monoisotopic (exact) mass is 368 g/mol. The first kappa shape index (κ1) is 19.4. The molecule has 0 saturated heterocycles. The van der Waals surface area contributed by atoms with Gasteiger partial charge in [0.05, 0.1) is 0 Å². The molecule has 5 N–H and O–H groups in total. The summed E-state index contributed by atoms with van der Waals surface area (Å²) in [5.41, 5.74) is 16.1. The van der Waals surface area contributed by atoms with Crippen molar-refractivity contribution in [2.45, 2.75) is 5.92 Å². The summed E-state index contributed by atoms with van der Waals surface area (Å²) in [6.45, 7) is 4.23. The van der Waals surface area contributed by atoms with Crippen molar-refractivity contribution in [2.75, 3.05) is 45.9 Å². The molecule has 144 valence electrons. The van der Waals surface area contributed by atoms with Gasteiger partial charge in [-0.3, -0.25) is 4.90 Å². The number of rotatable bonds is 9. The molecule has 0 bridgehead atoms. The number of hydrogen-bond donors (Lipinski definition) is 3. The maximum Gasteiger partial charge on any atom is 0.407 e. The van der Waals surface area contributed by atoms with E-state index in [0.717, 1.165) is 13.1 Å². The highest BCUT2D eigenvalue weighted by atomic mass is 16.5. The first-order valence-corrected chi connectivity index (χ1v) is 9.46. The van der Waals surface area contributed by atoms with Gasteiger partial charge in [-0.05, 0) is 22.3 Å². The van der Waals surface area contributed by atoms with Gasteiger partial charge in [0.2, 0.25) is 0 Å². The molecule has 0 unspecified atom stereocenters. The minimum Gasteiger partial charge on any atom is -0.449 e. The largest absolute Gasteiger partial charge is 0.449 e. The fraction of sp³-hybridized carbons (Fsp3) is 0.381. The van der Waals surface area contributed by atoms with Gasteiger partial charge in [-0.25, -0.2) is 4.79 Å². The van der Waals surface area contributed by atoms with E-state index in [4.69, 9.17) is 16.2 Å². The lowest BCUT2D eigenvalue weighted by Gasteiger charge is -2.21. The van der Waals surface area contributed by atoms with Crippen molar-refractivity contribution in [3.8, 4) is 11.1 Å². The lowest BCUT2D eigenvalue weighted by molar-refractivity contribution is 0.141. The van der Waals surface area contributed by atoms with Crippen LogP contribution in [0.5, 0.6) is 0 Å². The molecule has 1 aliphatic carbocycles. The Hall–Kier alpha value is -2.41. The highest BCUT2D eigenvalue weighted by molar-refractivity contribution is 5.79. The summed E-state index contributed by atoms with van der Waals surface area (Å²) in [6, 6.07) is 16.6. The average molecular weight is 368 g/mol. The summed E-state index contributed by atoms with van der Waals surface area (Å²) >= 11 is 0. The van der Waals surface area contributed by atoms with E-state index < -0.39 is 6.09 Å². The van der Waals surface area contributed by atoms with Gasteiger partial charge in [0.25, 0.3) is 0 Å². The standard InChI is InChI=1S/C21H28N4O2/c22-9-12-25(13-10-23)14-11-24-21(26)27-15-20-18-7-3-1-5-16(18)17-6-2-4-8-19(17)20/h1-8,20H,9-15,22-23H2,(H,24,26). The van der Waals surface area contributed by atoms with Crippen molar-refractivity contribution in [2.24, 2.45) is 11.5 Å². The first-order valence-electron chi connectivity index (χ1n) is 9.46. The van der Waals surface area contributed by atoms with E-state index in [9.17, 15) is 4.79 Å². The molecular weight excluding hydrogens is 340 g/mol. The number of nitrogens with two attached hydrogens (primary N) is 2. The number of amides is 1. The van der Waals surface area contributed by atoms with Crippen LogP contribution in [-0.4, -0.2) is 56.9 Å². The Bertz CT molecular complexity index is 714. The number of fused-ring (bicyclic) bond motifs is 3. The molecule has 0 fully saturated rings. The van der Waals surface area contributed by atoms with E-state index in [1.54, 1.807) is 0 Å². The number of alkyl carbamates (subject to hydrolysis) is 1. The number of hydrogen-bond acceptors (Lipinski definition) is 5. The summed E-state index contributed by atoms with van der Waals surface area (Å²) in [5.74, 6) is 0.0779. The summed E-state index contributed by atoms with van der Waals surface area (Å²) in [4.78, 5) is 14.2. The van der Waals surface area contributed by atoms with Crippen molar-refractivity contribution in [1.29, 1.82) is 0 Å². The van der Waals surface area contributed by atoms with Gasteiger partial charge in [-0.1, -0.05) is 48.5 Å². The van der Waals surface area contributed by atoms with Gasteiger partial charge in [0, 0.05) is 45.2 Å². The van der Waals surface area contributed by atoms with Crippen molar-refractivity contribution in [3.05, 3.63) is 59.7 Å². The van der Waals surface area contributed by atoms with Crippen LogP contribution in [0.15, 0.2) is 48.5 Å². The quantitative estimate of drug-likeness (QED) is 0.627. The zero-order chi connectivity index (χ0) is 19.1. The predicted octanol–water partition coefficient (Wildman–Crippen LogP) is 1.74. The molecule has 0 spiro atoms. The van der Waals surface area contributed by atoms with Crippen molar-refractivity contribution < 1.29 is 9.53 Å². The Balaban J connectivity index is 1.53. The Morgan fingerprint density at radius 2 is 1.48 bits per heavy atom. The molecule has 6 nitrogen and oxygen atoms in total. The van der Waals surface area contributed by atoms with Crippen LogP contribution in [0.25, 0.3) is 11.1 Å². The van der Waals surface area contributed by atoms with Crippen LogP contribution >= 0.6 is 0 Å². The van der Waals surface area contributed by atoms with E-state index in [0.29, 0.717) is 32.8 Å². The van der Waals surface area contributed by atoms with E-state index in [1.807, 2.05) is 24.3 Å². The van der Waals surface area contributed by atoms with Gasteiger partial charge in [-0.2, -0.15) is 0 Å². The van der Waals surface area contributed by atoms with Crippen LogP contribution in [0.4, 0.5) is 4.79 Å². The van der Waals surface area contributed by atoms with Crippen LogP contribution in [0.1, 0.15) is 17.0 Å². The fourth-order valence-electron chi connectivity index (χ4n) is 3.67. The summed E-state index contributed by atoms with van der Waals surface area (Å²) < 4.78 is 5.52. The fourth-order valence-corrected chi connectivity index (χ4v) is 3.67. The van der Waals surface area contributed by atoms with E-state index in [-0.39, 0.29) is 5.92 Å².